The monoisotopic (exact) mass is 289 g/mol. The molecule has 0 aliphatic carbocycles. The van der Waals surface area contributed by atoms with Crippen molar-refractivity contribution >= 4 is 44.7 Å². The number of hydrogen-bond donors (Lipinski definition) is 1. The summed E-state index contributed by atoms with van der Waals surface area (Å²) in [5, 5.41) is 7.28. The van der Waals surface area contributed by atoms with E-state index in [9.17, 15) is 9.59 Å². The van der Waals surface area contributed by atoms with Gasteiger partial charge in [0, 0.05) is 0 Å². The van der Waals surface area contributed by atoms with Crippen molar-refractivity contribution < 1.29 is 14.3 Å². The minimum absolute atomic E-state index is 0.223. The highest BCUT2D eigenvalue weighted by Gasteiger charge is 2.16. The average molecular weight is 290 g/mol. The van der Waals surface area contributed by atoms with E-state index in [1.807, 2.05) is 0 Å². The van der Waals surface area contributed by atoms with Gasteiger partial charge in [-0.05, 0) is 28.1 Å². The van der Waals surface area contributed by atoms with Crippen LogP contribution in [0, 0.1) is 5.41 Å². The quantitative estimate of drug-likeness (QED) is 0.525. The van der Waals surface area contributed by atoms with Gasteiger partial charge in [0.15, 0.2) is 5.78 Å². The third kappa shape index (κ3) is 3.24. The van der Waals surface area contributed by atoms with E-state index >= 15 is 0 Å². The molecule has 1 aromatic heterocycles. The van der Waals surface area contributed by atoms with Crippen LogP contribution in [0.1, 0.15) is 16.1 Å². The number of hydrogen-bond acceptors (Lipinski definition) is 5. The van der Waals surface area contributed by atoms with Gasteiger partial charge < -0.3 is 4.74 Å². The van der Waals surface area contributed by atoms with Crippen LogP contribution in [-0.2, 0) is 9.53 Å². The number of methoxy groups -OCH3 is 1. The third-order valence-corrected chi connectivity index (χ3v) is 3.28. The zero-order chi connectivity index (χ0) is 11.4. The van der Waals surface area contributed by atoms with Crippen molar-refractivity contribution in [3.05, 3.63) is 20.8 Å². The number of halogens is 1. The Morgan fingerprint density at radius 2 is 2.20 bits per heavy atom. The highest BCUT2D eigenvalue weighted by Crippen LogP contribution is 2.23. The molecule has 1 aromatic rings. The first-order chi connectivity index (χ1) is 7.04. The molecule has 0 aromatic carbocycles. The minimum atomic E-state index is -0.765. The SMILES string of the molecule is COC(=O)C(=N)CC(=O)c1ccc(Br)s1. The molecule has 6 heteroatoms. The number of ketones is 1. The van der Waals surface area contributed by atoms with Gasteiger partial charge in [0.1, 0.15) is 5.71 Å². The van der Waals surface area contributed by atoms with Crippen molar-refractivity contribution in [2.75, 3.05) is 7.11 Å². The van der Waals surface area contributed by atoms with Crippen LogP contribution in [-0.4, -0.2) is 24.6 Å². The predicted octanol–water partition coefficient (Wildman–Crippen LogP) is 2.28. The number of esters is 1. The summed E-state index contributed by atoms with van der Waals surface area (Å²) in [6.45, 7) is 0. The smallest absolute Gasteiger partial charge is 0.352 e. The summed E-state index contributed by atoms with van der Waals surface area (Å²) in [4.78, 5) is 22.9. The van der Waals surface area contributed by atoms with Gasteiger partial charge in [-0.25, -0.2) is 4.79 Å². The summed E-state index contributed by atoms with van der Waals surface area (Å²) >= 11 is 4.51. The Bertz CT molecular complexity index is 413. The second-order valence-corrected chi connectivity index (χ2v) is 5.14. The van der Waals surface area contributed by atoms with Crippen molar-refractivity contribution in [1.29, 1.82) is 5.41 Å². The number of carbonyl (C=O) groups is 2. The van der Waals surface area contributed by atoms with E-state index in [1.54, 1.807) is 12.1 Å². The van der Waals surface area contributed by atoms with Crippen LogP contribution in [0.15, 0.2) is 15.9 Å². The van der Waals surface area contributed by atoms with Crippen molar-refractivity contribution in [2.24, 2.45) is 0 Å². The van der Waals surface area contributed by atoms with Gasteiger partial charge in [-0.3, -0.25) is 10.2 Å². The van der Waals surface area contributed by atoms with Crippen molar-refractivity contribution in [3.63, 3.8) is 0 Å². The van der Waals surface area contributed by atoms with E-state index in [1.165, 1.54) is 18.4 Å². The van der Waals surface area contributed by atoms with Crippen LogP contribution < -0.4 is 0 Å². The van der Waals surface area contributed by atoms with Gasteiger partial charge in [-0.2, -0.15) is 0 Å². The average Bonchev–Trinajstić information content (AvgIpc) is 2.63. The Morgan fingerprint density at radius 3 is 2.67 bits per heavy atom. The number of thiophene rings is 1. The zero-order valence-corrected chi connectivity index (χ0v) is 10.3. The fourth-order valence-electron chi connectivity index (χ4n) is 0.907. The first-order valence-corrected chi connectivity index (χ1v) is 5.60. The number of Topliss-reactive ketones (excluding diaryl/α,β-unsaturated/α-hetero) is 1. The Hall–Kier alpha value is -1.01. The minimum Gasteiger partial charge on any atom is -0.465 e. The van der Waals surface area contributed by atoms with Gasteiger partial charge in [0.2, 0.25) is 0 Å². The molecule has 1 N–H and O–H groups in total. The van der Waals surface area contributed by atoms with Crippen LogP contribution >= 0.6 is 27.3 Å². The molecule has 0 fully saturated rings. The summed E-state index contributed by atoms with van der Waals surface area (Å²) in [5.41, 5.74) is -0.327. The van der Waals surface area contributed by atoms with Crippen molar-refractivity contribution in [1.82, 2.24) is 0 Å². The van der Waals surface area contributed by atoms with Crippen LogP contribution in [0.2, 0.25) is 0 Å². The summed E-state index contributed by atoms with van der Waals surface area (Å²) in [6, 6.07) is 3.40. The van der Waals surface area contributed by atoms with Crippen LogP contribution in [0.25, 0.3) is 0 Å². The highest BCUT2D eigenvalue weighted by atomic mass is 79.9. The normalized spacial score (nSPS) is 9.73. The standard InChI is InChI=1S/C9H8BrNO3S/c1-14-9(13)5(11)4-6(12)7-2-3-8(10)15-7/h2-3,11H,4H2,1H3. The molecular formula is C9H8BrNO3S. The van der Waals surface area contributed by atoms with Crippen LogP contribution in [0.4, 0.5) is 0 Å². The van der Waals surface area contributed by atoms with Crippen LogP contribution in [0.3, 0.4) is 0 Å². The molecule has 0 aliphatic heterocycles. The predicted molar refractivity (Wildman–Crippen MR) is 60.7 cm³/mol. The molecule has 4 nitrogen and oxygen atoms in total. The van der Waals surface area contributed by atoms with Gasteiger partial charge >= 0.3 is 5.97 Å². The van der Waals surface area contributed by atoms with Crippen molar-refractivity contribution in [3.8, 4) is 0 Å². The van der Waals surface area contributed by atoms with E-state index in [2.05, 4.69) is 20.7 Å². The Morgan fingerprint density at radius 1 is 1.53 bits per heavy atom. The zero-order valence-electron chi connectivity index (χ0n) is 7.87. The lowest BCUT2D eigenvalue weighted by molar-refractivity contribution is -0.132. The molecule has 0 atom stereocenters. The largest absolute Gasteiger partial charge is 0.465 e. The lowest BCUT2D eigenvalue weighted by Gasteiger charge is -1.99. The molecule has 0 radical (unpaired) electrons. The molecule has 0 saturated carbocycles. The number of rotatable bonds is 4. The molecule has 1 rings (SSSR count). The fraction of sp³-hybridized carbons (Fsp3) is 0.222. The molecular weight excluding hydrogens is 282 g/mol. The molecule has 0 saturated heterocycles. The van der Waals surface area contributed by atoms with Gasteiger partial charge in [0.05, 0.1) is 22.2 Å². The number of nitrogens with one attached hydrogen (secondary N) is 1. The summed E-state index contributed by atoms with van der Waals surface area (Å²) < 4.78 is 5.18. The van der Waals surface area contributed by atoms with E-state index in [-0.39, 0.29) is 17.9 Å². The Labute approximate surface area is 98.9 Å². The topological polar surface area (TPSA) is 67.2 Å². The van der Waals surface area contributed by atoms with E-state index in [0.717, 1.165) is 3.79 Å². The van der Waals surface area contributed by atoms with Gasteiger partial charge in [-0.1, -0.05) is 0 Å². The second kappa shape index (κ2) is 5.18. The van der Waals surface area contributed by atoms with Crippen LogP contribution in [0.5, 0.6) is 0 Å². The van der Waals surface area contributed by atoms with Crippen molar-refractivity contribution in [2.45, 2.75) is 6.42 Å². The maximum absolute atomic E-state index is 11.5. The number of carbonyl (C=O) groups excluding carboxylic acids is 2. The van der Waals surface area contributed by atoms with E-state index < -0.39 is 5.97 Å². The third-order valence-electron chi connectivity index (χ3n) is 1.62. The molecule has 1 heterocycles. The van der Waals surface area contributed by atoms with Gasteiger partial charge in [0.25, 0.3) is 0 Å². The Kier molecular flexibility index (Phi) is 4.16. The summed E-state index contributed by atoms with van der Waals surface area (Å²) in [6.07, 6.45) is -0.223. The molecule has 0 unspecified atom stereocenters. The first kappa shape index (κ1) is 12.1. The number of ether oxygens (including phenoxy) is 1. The maximum Gasteiger partial charge on any atom is 0.352 e. The lowest BCUT2D eigenvalue weighted by Crippen LogP contribution is -2.18. The van der Waals surface area contributed by atoms with E-state index in [4.69, 9.17) is 5.41 Å². The maximum atomic E-state index is 11.5. The molecule has 0 aliphatic rings. The Balaban J connectivity index is 2.64. The molecule has 0 amide bonds. The fourth-order valence-corrected chi connectivity index (χ4v) is 2.23. The first-order valence-electron chi connectivity index (χ1n) is 3.99. The molecule has 15 heavy (non-hydrogen) atoms. The molecule has 0 bridgehead atoms. The van der Waals surface area contributed by atoms with Gasteiger partial charge in [-0.15, -0.1) is 11.3 Å². The molecule has 80 valence electrons. The van der Waals surface area contributed by atoms with E-state index in [0.29, 0.717) is 4.88 Å². The lowest BCUT2D eigenvalue weighted by atomic mass is 10.1. The highest BCUT2D eigenvalue weighted by molar-refractivity contribution is 9.11. The summed E-state index contributed by atoms with van der Waals surface area (Å²) in [7, 11) is 1.18. The molecule has 0 spiro atoms. The second-order valence-electron chi connectivity index (χ2n) is 2.67. The summed E-state index contributed by atoms with van der Waals surface area (Å²) in [5.74, 6) is -1.01.